The third-order valence-corrected chi connectivity index (χ3v) is 2.33. The van der Waals surface area contributed by atoms with Crippen molar-refractivity contribution >= 4 is 12.2 Å². The Morgan fingerprint density at radius 3 is 3.29 bits per heavy atom. The summed E-state index contributed by atoms with van der Waals surface area (Å²) >= 11 is 0. The number of hydrogen-bond acceptors (Lipinski definition) is 4. The molecule has 2 rings (SSSR count). The molecule has 0 radical (unpaired) electrons. The molecule has 0 fully saturated rings. The van der Waals surface area contributed by atoms with Crippen molar-refractivity contribution in [3.05, 3.63) is 12.0 Å². The number of imidazole rings is 1. The van der Waals surface area contributed by atoms with Gasteiger partial charge < -0.3 is 14.6 Å². The van der Waals surface area contributed by atoms with Crippen LogP contribution in [0.1, 0.15) is 18.2 Å². The third kappa shape index (κ3) is 1.50. The van der Waals surface area contributed by atoms with Crippen molar-refractivity contribution in [1.29, 1.82) is 0 Å². The van der Waals surface area contributed by atoms with Gasteiger partial charge in [0.15, 0.2) is 0 Å². The van der Waals surface area contributed by atoms with Crippen molar-refractivity contribution in [1.82, 2.24) is 9.55 Å². The molecular weight excluding hydrogens is 180 g/mol. The first-order chi connectivity index (χ1) is 6.83. The molecule has 5 nitrogen and oxygen atoms in total. The maximum Gasteiger partial charge on any atom is 0.136 e. The van der Waals surface area contributed by atoms with Crippen molar-refractivity contribution < 1.29 is 4.74 Å². The molecule has 0 saturated heterocycles. The van der Waals surface area contributed by atoms with Gasteiger partial charge in [0, 0.05) is 20.8 Å². The summed E-state index contributed by atoms with van der Waals surface area (Å²) in [6.45, 7) is 0.706. The van der Waals surface area contributed by atoms with Crippen molar-refractivity contribution in [3.8, 4) is 0 Å². The predicted molar refractivity (Wildman–Crippen MR) is 54.6 cm³/mol. The predicted octanol–water partition coefficient (Wildman–Crippen LogP) is 0.952. The smallest absolute Gasteiger partial charge is 0.136 e. The van der Waals surface area contributed by atoms with Gasteiger partial charge in [-0.2, -0.15) is 0 Å². The molecule has 0 aromatic carbocycles. The molecular formula is C9H14N4O. The molecule has 1 aliphatic rings. The number of rotatable bonds is 3. The van der Waals surface area contributed by atoms with Gasteiger partial charge >= 0.3 is 0 Å². The summed E-state index contributed by atoms with van der Waals surface area (Å²) in [4.78, 5) is 8.65. The van der Waals surface area contributed by atoms with E-state index in [-0.39, 0.29) is 6.04 Å². The molecule has 2 heterocycles. The van der Waals surface area contributed by atoms with Crippen LogP contribution in [0.4, 0.5) is 5.82 Å². The van der Waals surface area contributed by atoms with Gasteiger partial charge in [-0.15, -0.1) is 0 Å². The second kappa shape index (κ2) is 3.79. The van der Waals surface area contributed by atoms with Crippen LogP contribution in [0.2, 0.25) is 0 Å². The fourth-order valence-electron chi connectivity index (χ4n) is 1.57. The van der Waals surface area contributed by atoms with Crippen molar-refractivity contribution in [3.63, 3.8) is 0 Å². The standard InChI is InChI=1S/C9H14N4O/c1-13-6-12-8-7(3-4-14-2)10-5-11-9(8)13/h5-7H,3-4H2,1-2H3,(H,10,11). The normalized spacial score (nSPS) is 19.1. The fraction of sp³-hybridized carbons (Fsp3) is 0.556. The lowest BCUT2D eigenvalue weighted by Gasteiger charge is -2.16. The Labute approximate surface area is 82.8 Å². The molecule has 1 unspecified atom stereocenters. The highest BCUT2D eigenvalue weighted by Gasteiger charge is 2.20. The highest BCUT2D eigenvalue weighted by molar-refractivity contribution is 5.77. The number of aryl methyl sites for hydroxylation is 1. The minimum absolute atomic E-state index is 0.132. The Balaban J connectivity index is 2.18. The number of anilines is 1. The zero-order valence-electron chi connectivity index (χ0n) is 8.40. The molecule has 1 atom stereocenters. The Hall–Kier alpha value is -1.36. The van der Waals surface area contributed by atoms with Crippen molar-refractivity contribution in [2.45, 2.75) is 12.5 Å². The van der Waals surface area contributed by atoms with Gasteiger partial charge in [-0.05, 0) is 6.42 Å². The zero-order valence-corrected chi connectivity index (χ0v) is 8.40. The van der Waals surface area contributed by atoms with Crippen LogP contribution in [-0.2, 0) is 11.8 Å². The van der Waals surface area contributed by atoms with E-state index in [0.29, 0.717) is 6.61 Å². The molecule has 0 bridgehead atoms. The van der Waals surface area contributed by atoms with Crippen molar-refractivity contribution in [2.75, 3.05) is 19.0 Å². The van der Waals surface area contributed by atoms with E-state index in [2.05, 4.69) is 15.3 Å². The Kier molecular flexibility index (Phi) is 2.49. The Bertz CT molecular complexity index is 345. The molecule has 1 N–H and O–H groups in total. The minimum Gasteiger partial charge on any atom is -0.385 e. The summed E-state index contributed by atoms with van der Waals surface area (Å²) in [5.41, 5.74) is 1.01. The van der Waals surface area contributed by atoms with Crippen LogP contribution in [0.3, 0.4) is 0 Å². The minimum atomic E-state index is 0.132. The van der Waals surface area contributed by atoms with Crippen LogP contribution >= 0.6 is 0 Å². The number of ether oxygens (including phenoxy) is 1. The van der Waals surface area contributed by atoms with E-state index in [9.17, 15) is 0 Å². The first-order valence-electron chi connectivity index (χ1n) is 4.61. The maximum absolute atomic E-state index is 5.04. The highest BCUT2D eigenvalue weighted by Crippen LogP contribution is 2.28. The van der Waals surface area contributed by atoms with Crippen LogP contribution in [0.25, 0.3) is 0 Å². The van der Waals surface area contributed by atoms with Crippen LogP contribution in [0, 0.1) is 0 Å². The molecule has 76 valence electrons. The van der Waals surface area contributed by atoms with E-state index in [0.717, 1.165) is 17.9 Å². The second-order valence-electron chi connectivity index (χ2n) is 3.31. The number of methoxy groups -OCH3 is 1. The largest absolute Gasteiger partial charge is 0.385 e. The Morgan fingerprint density at radius 1 is 1.64 bits per heavy atom. The van der Waals surface area contributed by atoms with Crippen molar-refractivity contribution in [2.24, 2.45) is 12.0 Å². The summed E-state index contributed by atoms with van der Waals surface area (Å²) in [7, 11) is 3.66. The molecule has 1 aromatic rings. The average Bonchev–Trinajstić information content (AvgIpc) is 2.58. The number of hydrogen-bond donors (Lipinski definition) is 1. The van der Waals surface area contributed by atoms with E-state index in [4.69, 9.17) is 4.74 Å². The first kappa shape index (κ1) is 9.21. The van der Waals surface area contributed by atoms with Gasteiger partial charge in [-0.3, -0.25) is 4.99 Å². The van der Waals surface area contributed by atoms with Gasteiger partial charge in [0.25, 0.3) is 0 Å². The van der Waals surface area contributed by atoms with E-state index in [1.807, 2.05) is 11.6 Å². The van der Waals surface area contributed by atoms with Crippen LogP contribution in [0.15, 0.2) is 11.3 Å². The summed E-state index contributed by atoms with van der Waals surface area (Å²) in [6, 6.07) is 0.132. The molecule has 14 heavy (non-hydrogen) atoms. The van der Waals surface area contributed by atoms with Gasteiger partial charge in [0.2, 0.25) is 0 Å². The SMILES string of the molecule is COCCC1N=CNc2c1ncn2C. The van der Waals surface area contributed by atoms with E-state index in [1.54, 1.807) is 19.8 Å². The topological polar surface area (TPSA) is 51.4 Å². The van der Waals surface area contributed by atoms with Gasteiger partial charge in [-0.1, -0.05) is 0 Å². The summed E-state index contributed by atoms with van der Waals surface area (Å²) in [5, 5.41) is 3.09. The van der Waals surface area contributed by atoms with Gasteiger partial charge in [0.05, 0.1) is 18.7 Å². The molecule has 1 aromatic heterocycles. The highest BCUT2D eigenvalue weighted by atomic mass is 16.5. The summed E-state index contributed by atoms with van der Waals surface area (Å²) < 4.78 is 7.00. The van der Waals surface area contributed by atoms with E-state index < -0.39 is 0 Å². The van der Waals surface area contributed by atoms with Gasteiger partial charge in [0.1, 0.15) is 11.5 Å². The van der Waals surface area contributed by atoms with E-state index >= 15 is 0 Å². The summed E-state index contributed by atoms with van der Waals surface area (Å²) in [5.74, 6) is 1.03. The molecule has 0 saturated carbocycles. The number of fused-ring (bicyclic) bond motifs is 1. The third-order valence-electron chi connectivity index (χ3n) is 2.33. The summed E-state index contributed by atoms with van der Waals surface area (Å²) in [6.07, 6.45) is 4.40. The molecule has 0 spiro atoms. The number of aliphatic imine (C=N–C) groups is 1. The second-order valence-corrected chi connectivity index (χ2v) is 3.31. The zero-order chi connectivity index (χ0) is 9.97. The van der Waals surface area contributed by atoms with Crippen LogP contribution in [0.5, 0.6) is 0 Å². The number of aromatic nitrogens is 2. The lowest BCUT2D eigenvalue weighted by molar-refractivity contribution is 0.188. The Morgan fingerprint density at radius 2 is 2.50 bits per heavy atom. The molecule has 0 aliphatic carbocycles. The molecule has 1 aliphatic heterocycles. The number of nitrogens with one attached hydrogen (secondary N) is 1. The van der Waals surface area contributed by atoms with E-state index in [1.165, 1.54) is 0 Å². The maximum atomic E-state index is 5.04. The van der Waals surface area contributed by atoms with Gasteiger partial charge in [-0.25, -0.2) is 4.98 Å². The quantitative estimate of drug-likeness (QED) is 0.779. The number of nitrogens with zero attached hydrogens (tertiary/aromatic N) is 3. The van der Waals surface area contributed by atoms with Crippen LogP contribution < -0.4 is 5.32 Å². The lowest BCUT2D eigenvalue weighted by atomic mass is 10.1. The fourth-order valence-corrected chi connectivity index (χ4v) is 1.57. The first-order valence-corrected chi connectivity index (χ1v) is 4.61. The monoisotopic (exact) mass is 194 g/mol. The lowest BCUT2D eigenvalue weighted by Crippen LogP contribution is -2.13. The van der Waals surface area contributed by atoms with Crippen LogP contribution in [-0.4, -0.2) is 29.6 Å². The average molecular weight is 194 g/mol. The molecule has 0 amide bonds. The molecule has 5 heteroatoms.